The number of halogens is 1. The molecule has 2 nitrogen and oxygen atoms in total. The molecule has 1 fully saturated rings. The van der Waals surface area contributed by atoms with E-state index in [1.807, 2.05) is 0 Å². The minimum absolute atomic E-state index is 0.152. The Balaban J connectivity index is 1.99. The highest BCUT2D eigenvalue weighted by molar-refractivity contribution is 9.10. The van der Waals surface area contributed by atoms with Crippen molar-refractivity contribution in [2.75, 3.05) is 13.2 Å². The second kappa shape index (κ2) is 4.86. The van der Waals surface area contributed by atoms with Crippen LogP contribution in [-0.2, 0) is 11.3 Å². The van der Waals surface area contributed by atoms with E-state index in [0.717, 1.165) is 30.7 Å². The number of nitrogens with one attached hydrogen (secondary N) is 1. The molecule has 1 aliphatic rings. The summed E-state index contributed by atoms with van der Waals surface area (Å²) in [6, 6.07) is 6.42. The zero-order valence-corrected chi connectivity index (χ0v) is 11.4. The molecule has 0 spiro atoms. The van der Waals surface area contributed by atoms with E-state index in [9.17, 15) is 0 Å². The molecule has 1 heterocycles. The summed E-state index contributed by atoms with van der Waals surface area (Å²) < 4.78 is 6.57. The minimum atomic E-state index is 0.152. The first kappa shape index (κ1) is 12.1. The lowest BCUT2D eigenvalue weighted by Gasteiger charge is -2.24. The van der Waals surface area contributed by atoms with E-state index in [4.69, 9.17) is 4.74 Å². The average Bonchev–Trinajstić information content (AvgIpc) is 2.64. The molecule has 1 atom stereocenters. The standard InChI is InChI=1S/C13H18BrNO/c1-10-7-12(14)4-3-11(10)8-15-13(2)5-6-16-9-13/h3-4,7,15H,5-6,8-9H2,1-2H3. The van der Waals surface area contributed by atoms with Crippen LogP contribution in [0, 0.1) is 6.92 Å². The fraction of sp³-hybridized carbons (Fsp3) is 0.538. The van der Waals surface area contributed by atoms with Crippen molar-refractivity contribution in [3.05, 3.63) is 33.8 Å². The lowest BCUT2D eigenvalue weighted by atomic mass is 10.0. The van der Waals surface area contributed by atoms with E-state index >= 15 is 0 Å². The Labute approximate surface area is 106 Å². The maximum atomic E-state index is 5.43. The van der Waals surface area contributed by atoms with Crippen LogP contribution < -0.4 is 5.32 Å². The van der Waals surface area contributed by atoms with Gasteiger partial charge in [-0.15, -0.1) is 0 Å². The minimum Gasteiger partial charge on any atom is -0.379 e. The predicted octanol–water partition coefficient (Wildman–Crippen LogP) is 3.03. The zero-order chi connectivity index (χ0) is 11.6. The van der Waals surface area contributed by atoms with E-state index in [-0.39, 0.29) is 5.54 Å². The Kier molecular flexibility index (Phi) is 3.67. The fourth-order valence-electron chi connectivity index (χ4n) is 1.97. The van der Waals surface area contributed by atoms with Gasteiger partial charge in [0, 0.05) is 23.2 Å². The molecule has 0 bridgehead atoms. The molecule has 0 radical (unpaired) electrons. The molecule has 0 saturated carbocycles. The van der Waals surface area contributed by atoms with Crippen molar-refractivity contribution in [1.82, 2.24) is 5.32 Å². The van der Waals surface area contributed by atoms with Crippen molar-refractivity contribution in [2.45, 2.75) is 32.4 Å². The SMILES string of the molecule is Cc1cc(Br)ccc1CNC1(C)CCOC1. The summed E-state index contributed by atoms with van der Waals surface area (Å²) in [5.41, 5.74) is 2.83. The maximum Gasteiger partial charge on any atom is 0.0646 e. The van der Waals surface area contributed by atoms with E-state index < -0.39 is 0 Å². The number of benzene rings is 1. The molecule has 0 aromatic heterocycles. The van der Waals surface area contributed by atoms with Gasteiger partial charge in [-0.1, -0.05) is 22.0 Å². The third-order valence-electron chi connectivity index (χ3n) is 3.23. The molecule has 0 amide bonds. The Morgan fingerprint density at radius 1 is 1.50 bits per heavy atom. The van der Waals surface area contributed by atoms with Gasteiger partial charge in [-0.25, -0.2) is 0 Å². The van der Waals surface area contributed by atoms with Crippen LogP contribution in [0.2, 0.25) is 0 Å². The first-order valence-electron chi connectivity index (χ1n) is 5.67. The van der Waals surface area contributed by atoms with Crippen LogP contribution in [0.4, 0.5) is 0 Å². The summed E-state index contributed by atoms with van der Waals surface area (Å²) in [6.45, 7) is 6.99. The van der Waals surface area contributed by atoms with E-state index in [0.29, 0.717) is 0 Å². The van der Waals surface area contributed by atoms with Crippen molar-refractivity contribution in [3.63, 3.8) is 0 Å². The highest BCUT2D eigenvalue weighted by atomic mass is 79.9. The molecular weight excluding hydrogens is 266 g/mol. The highest BCUT2D eigenvalue weighted by Gasteiger charge is 2.28. The molecule has 88 valence electrons. The van der Waals surface area contributed by atoms with Gasteiger partial charge in [0.25, 0.3) is 0 Å². The molecule has 0 aliphatic carbocycles. The highest BCUT2D eigenvalue weighted by Crippen LogP contribution is 2.20. The van der Waals surface area contributed by atoms with Gasteiger partial charge in [-0.05, 0) is 43.5 Å². The lowest BCUT2D eigenvalue weighted by molar-refractivity contribution is 0.171. The summed E-state index contributed by atoms with van der Waals surface area (Å²) in [5.74, 6) is 0. The molecule has 1 N–H and O–H groups in total. The van der Waals surface area contributed by atoms with Gasteiger partial charge in [0.15, 0.2) is 0 Å². The largest absolute Gasteiger partial charge is 0.379 e. The summed E-state index contributed by atoms with van der Waals surface area (Å²) in [5, 5.41) is 3.59. The van der Waals surface area contributed by atoms with Crippen LogP contribution in [0.25, 0.3) is 0 Å². The number of aryl methyl sites for hydroxylation is 1. The number of rotatable bonds is 3. The van der Waals surface area contributed by atoms with Gasteiger partial charge in [0.1, 0.15) is 0 Å². The topological polar surface area (TPSA) is 21.3 Å². The van der Waals surface area contributed by atoms with Crippen LogP contribution in [0.5, 0.6) is 0 Å². The van der Waals surface area contributed by atoms with E-state index in [2.05, 4.69) is 53.3 Å². The predicted molar refractivity (Wildman–Crippen MR) is 69.6 cm³/mol. The lowest BCUT2D eigenvalue weighted by Crippen LogP contribution is -2.42. The second-order valence-corrected chi connectivity index (χ2v) is 5.70. The summed E-state index contributed by atoms with van der Waals surface area (Å²) in [6.07, 6.45) is 1.10. The molecule has 3 heteroatoms. The van der Waals surface area contributed by atoms with E-state index in [1.54, 1.807) is 0 Å². The molecule has 16 heavy (non-hydrogen) atoms. The van der Waals surface area contributed by atoms with Gasteiger partial charge < -0.3 is 10.1 Å². The van der Waals surface area contributed by atoms with Gasteiger partial charge in [0.05, 0.1) is 6.61 Å². The fourth-order valence-corrected chi connectivity index (χ4v) is 2.45. The Morgan fingerprint density at radius 3 is 2.94 bits per heavy atom. The van der Waals surface area contributed by atoms with Crippen molar-refractivity contribution in [3.8, 4) is 0 Å². The van der Waals surface area contributed by atoms with Gasteiger partial charge in [-0.3, -0.25) is 0 Å². The van der Waals surface area contributed by atoms with E-state index in [1.165, 1.54) is 11.1 Å². The Bertz CT molecular complexity index is 372. The molecule has 1 saturated heterocycles. The molecule has 2 rings (SSSR count). The van der Waals surface area contributed by atoms with Crippen molar-refractivity contribution >= 4 is 15.9 Å². The van der Waals surface area contributed by atoms with Crippen LogP contribution >= 0.6 is 15.9 Å². The summed E-state index contributed by atoms with van der Waals surface area (Å²) in [7, 11) is 0. The van der Waals surface area contributed by atoms with Crippen LogP contribution in [0.1, 0.15) is 24.5 Å². The molecule has 1 aromatic rings. The molecule has 1 aromatic carbocycles. The van der Waals surface area contributed by atoms with Crippen molar-refractivity contribution in [2.24, 2.45) is 0 Å². The third kappa shape index (κ3) is 2.84. The normalized spacial score (nSPS) is 24.9. The number of hydrogen-bond donors (Lipinski definition) is 1. The number of ether oxygens (including phenoxy) is 1. The maximum absolute atomic E-state index is 5.43. The quantitative estimate of drug-likeness (QED) is 0.921. The first-order valence-corrected chi connectivity index (χ1v) is 6.46. The van der Waals surface area contributed by atoms with Crippen molar-refractivity contribution in [1.29, 1.82) is 0 Å². The van der Waals surface area contributed by atoms with Gasteiger partial charge in [0.2, 0.25) is 0 Å². The monoisotopic (exact) mass is 283 g/mol. The molecular formula is C13H18BrNO. The van der Waals surface area contributed by atoms with Crippen LogP contribution in [-0.4, -0.2) is 18.8 Å². The Hall–Kier alpha value is -0.380. The van der Waals surface area contributed by atoms with Crippen LogP contribution in [0.3, 0.4) is 0 Å². The third-order valence-corrected chi connectivity index (χ3v) is 3.72. The second-order valence-electron chi connectivity index (χ2n) is 4.79. The summed E-state index contributed by atoms with van der Waals surface area (Å²) in [4.78, 5) is 0. The zero-order valence-electron chi connectivity index (χ0n) is 9.85. The Morgan fingerprint density at radius 2 is 2.31 bits per heavy atom. The average molecular weight is 284 g/mol. The molecule has 1 unspecified atom stereocenters. The van der Waals surface area contributed by atoms with Crippen molar-refractivity contribution < 1.29 is 4.74 Å². The first-order chi connectivity index (χ1) is 7.59. The molecule has 1 aliphatic heterocycles. The van der Waals surface area contributed by atoms with Crippen LogP contribution in [0.15, 0.2) is 22.7 Å². The smallest absolute Gasteiger partial charge is 0.0646 e. The van der Waals surface area contributed by atoms with Gasteiger partial charge >= 0.3 is 0 Å². The number of hydrogen-bond acceptors (Lipinski definition) is 2. The van der Waals surface area contributed by atoms with Gasteiger partial charge in [-0.2, -0.15) is 0 Å². The summed E-state index contributed by atoms with van der Waals surface area (Å²) >= 11 is 3.48.